The lowest BCUT2D eigenvalue weighted by Gasteiger charge is -2.20. The van der Waals surface area contributed by atoms with Gasteiger partial charge in [-0.2, -0.15) is 0 Å². The van der Waals surface area contributed by atoms with Crippen molar-refractivity contribution in [2.75, 3.05) is 7.11 Å². The number of rotatable bonds is 4. The Kier molecular flexibility index (Phi) is 4.74. The Bertz CT molecular complexity index is 385. The molecule has 1 aliphatic rings. The molecule has 0 aliphatic heterocycles. The molecule has 1 aromatic carbocycles. The minimum atomic E-state index is -0.678. The molecule has 2 atom stereocenters. The van der Waals surface area contributed by atoms with Crippen LogP contribution in [0.4, 0.5) is 4.39 Å². The summed E-state index contributed by atoms with van der Waals surface area (Å²) >= 11 is 0. The quantitative estimate of drug-likeness (QED) is 0.872. The molecule has 0 unspecified atom stereocenters. The van der Waals surface area contributed by atoms with Crippen LogP contribution in [0.3, 0.4) is 0 Å². The molecule has 3 N–H and O–H groups in total. The van der Waals surface area contributed by atoms with Crippen LogP contribution in [0.1, 0.15) is 24.4 Å². The average molecular weight is 262 g/mol. The van der Waals surface area contributed by atoms with Gasteiger partial charge < -0.3 is 15.6 Å². The van der Waals surface area contributed by atoms with Crippen LogP contribution >= 0.6 is 12.4 Å². The second kappa shape index (κ2) is 5.67. The molecule has 1 aromatic rings. The van der Waals surface area contributed by atoms with Crippen LogP contribution in [-0.4, -0.2) is 18.3 Å². The molecule has 96 valence electrons. The lowest BCUT2D eigenvalue weighted by Crippen LogP contribution is -2.28. The van der Waals surface area contributed by atoms with Gasteiger partial charge >= 0.3 is 0 Å². The Labute approximate surface area is 106 Å². The van der Waals surface area contributed by atoms with Gasteiger partial charge in [0.05, 0.1) is 19.3 Å². The Morgan fingerprint density at radius 1 is 1.47 bits per heavy atom. The van der Waals surface area contributed by atoms with E-state index in [2.05, 4.69) is 0 Å². The molecule has 1 fully saturated rings. The van der Waals surface area contributed by atoms with Gasteiger partial charge in [-0.3, -0.25) is 0 Å². The number of benzene rings is 1. The maximum Gasteiger partial charge on any atom is 0.169 e. The van der Waals surface area contributed by atoms with Crippen LogP contribution in [-0.2, 0) is 0 Å². The molecule has 1 aliphatic carbocycles. The van der Waals surface area contributed by atoms with Gasteiger partial charge in [0.25, 0.3) is 0 Å². The standard InChI is InChI=1S/C12H16FNO2.ClH/c1-16-9-4-2-3-8(10(9)13)11(14)12(15)7-5-6-7;/h2-4,7,11-12,15H,5-6,14H2,1H3;1H/t11-,12+;/m0./s1. The summed E-state index contributed by atoms with van der Waals surface area (Å²) in [5.74, 6) is -0.0891. The summed E-state index contributed by atoms with van der Waals surface area (Å²) in [4.78, 5) is 0. The Morgan fingerprint density at radius 2 is 2.12 bits per heavy atom. The third-order valence-corrected chi connectivity index (χ3v) is 3.05. The average Bonchev–Trinajstić information content (AvgIpc) is 3.11. The zero-order chi connectivity index (χ0) is 11.7. The van der Waals surface area contributed by atoms with E-state index in [4.69, 9.17) is 10.5 Å². The number of halogens is 2. The van der Waals surface area contributed by atoms with E-state index < -0.39 is 18.0 Å². The van der Waals surface area contributed by atoms with E-state index in [1.165, 1.54) is 13.2 Å². The van der Waals surface area contributed by atoms with Crippen LogP contribution in [0.15, 0.2) is 18.2 Å². The maximum absolute atomic E-state index is 13.9. The van der Waals surface area contributed by atoms with Crippen molar-refractivity contribution in [1.82, 2.24) is 0 Å². The largest absolute Gasteiger partial charge is 0.494 e. The van der Waals surface area contributed by atoms with Crippen molar-refractivity contribution in [2.24, 2.45) is 11.7 Å². The fourth-order valence-corrected chi connectivity index (χ4v) is 1.86. The van der Waals surface area contributed by atoms with Crippen LogP contribution < -0.4 is 10.5 Å². The molecule has 2 rings (SSSR count). The molecule has 5 heteroatoms. The molecule has 0 spiro atoms. The Balaban J connectivity index is 0.00000144. The van der Waals surface area contributed by atoms with Gasteiger partial charge in [0.2, 0.25) is 0 Å². The molecule has 0 bridgehead atoms. The highest BCUT2D eigenvalue weighted by Crippen LogP contribution is 2.38. The monoisotopic (exact) mass is 261 g/mol. The van der Waals surface area contributed by atoms with Crippen LogP contribution in [0.5, 0.6) is 5.75 Å². The highest BCUT2D eigenvalue weighted by Gasteiger charge is 2.35. The van der Waals surface area contributed by atoms with E-state index >= 15 is 0 Å². The molecule has 0 amide bonds. The number of hydrogen-bond acceptors (Lipinski definition) is 3. The summed E-state index contributed by atoms with van der Waals surface area (Å²) in [6, 6.07) is 4.13. The topological polar surface area (TPSA) is 55.5 Å². The fourth-order valence-electron chi connectivity index (χ4n) is 1.86. The van der Waals surface area contributed by atoms with Crippen molar-refractivity contribution >= 4 is 12.4 Å². The minimum Gasteiger partial charge on any atom is -0.494 e. The minimum absolute atomic E-state index is 0. The van der Waals surface area contributed by atoms with Crippen molar-refractivity contribution < 1.29 is 14.2 Å². The number of aliphatic hydroxyl groups excluding tert-OH is 1. The van der Waals surface area contributed by atoms with Crippen LogP contribution in [0, 0.1) is 11.7 Å². The first-order valence-corrected chi connectivity index (χ1v) is 5.41. The predicted molar refractivity (Wildman–Crippen MR) is 65.9 cm³/mol. The van der Waals surface area contributed by atoms with Gasteiger partial charge in [-0.25, -0.2) is 4.39 Å². The maximum atomic E-state index is 13.9. The normalized spacial score (nSPS) is 18.1. The van der Waals surface area contributed by atoms with Gasteiger partial charge in [0.1, 0.15) is 0 Å². The Hall–Kier alpha value is -0.840. The number of aliphatic hydroxyl groups is 1. The first-order valence-electron chi connectivity index (χ1n) is 5.41. The third kappa shape index (κ3) is 2.89. The second-order valence-corrected chi connectivity index (χ2v) is 4.22. The van der Waals surface area contributed by atoms with E-state index in [0.29, 0.717) is 5.56 Å². The number of ether oxygens (including phenoxy) is 1. The summed E-state index contributed by atoms with van der Waals surface area (Å²) < 4.78 is 18.7. The smallest absolute Gasteiger partial charge is 0.169 e. The molecule has 0 aromatic heterocycles. The Morgan fingerprint density at radius 3 is 2.65 bits per heavy atom. The van der Waals surface area contributed by atoms with Gasteiger partial charge in [-0.15, -0.1) is 12.4 Å². The number of hydrogen-bond donors (Lipinski definition) is 2. The summed E-state index contributed by atoms with van der Waals surface area (Å²) in [7, 11) is 1.41. The van der Waals surface area contributed by atoms with Crippen molar-refractivity contribution in [3.8, 4) is 5.75 Å². The van der Waals surface area contributed by atoms with Crippen molar-refractivity contribution in [1.29, 1.82) is 0 Å². The lowest BCUT2D eigenvalue weighted by atomic mass is 9.98. The fraction of sp³-hybridized carbons (Fsp3) is 0.500. The molecular weight excluding hydrogens is 245 g/mol. The second-order valence-electron chi connectivity index (χ2n) is 4.22. The van der Waals surface area contributed by atoms with Crippen LogP contribution in [0.2, 0.25) is 0 Å². The SMILES string of the molecule is COc1cccc([C@H](N)[C@H](O)C2CC2)c1F.Cl. The van der Waals surface area contributed by atoms with E-state index in [1.807, 2.05) is 0 Å². The number of methoxy groups -OCH3 is 1. The molecule has 0 radical (unpaired) electrons. The highest BCUT2D eigenvalue weighted by atomic mass is 35.5. The molecule has 1 saturated carbocycles. The predicted octanol–water partition coefficient (Wildman–Crippen LogP) is 2.03. The summed E-state index contributed by atoms with van der Waals surface area (Å²) in [5, 5.41) is 9.87. The van der Waals surface area contributed by atoms with Crippen molar-refractivity contribution in [3.05, 3.63) is 29.6 Å². The van der Waals surface area contributed by atoms with E-state index in [1.54, 1.807) is 12.1 Å². The molecule has 0 heterocycles. The zero-order valence-electron chi connectivity index (χ0n) is 9.60. The molecule has 17 heavy (non-hydrogen) atoms. The number of nitrogens with two attached hydrogens (primary N) is 1. The zero-order valence-corrected chi connectivity index (χ0v) is 10.4. The van der Waals surface area contributed by atoms with E-state index in [0.717, 1.165) is 12.8 Å². The van der Waals surface area contributed by atoms with Gasteiger partial charge in [0.15, 0.2) is 11.6 Å². The molecule has 3 nitrogen and oxygen atoms in total. The van der Waals surface area contributed by atoms with Gasteiger partial charge in [-0.05, 0) is 24.8 Å². The first-order chi connectivity index (χ1) is 7.65. The highest BCUT2D eigenvalue weighted by molar-refractivity contribution is 5.85. The summed E-state index contributed by atoms with van der Waals surface area (Å²) in [6.07, 6.45) is 1.28. The summed E-state index contributed by atoms with van der Waals surface area (Å²) in [6.45, 7) is 0. The summed E-state index contributed by atoms with van der Waals surface area (Å²) in [5.41, 5.74) is 6.18. The third-order valence-electron chi connectivity index (χ3n) is 3.05. The first kappa shape index (κ1) is 14.2. The van der Waals surface area contributed by atoms with Crippen LogP contribution in [0.25, 0.3) is 0 Å². The molecular formula is C12H17ClFNO2. The van der Waals surface area contributed by atoms with Gasteiger partial charge in [-0.1, -0.05) is 12.1 Å². The van der Waals surface area contributed by atoms with Crippen molar-refractivity contribution in [2.45, 2.75) is 25.0 Å². The van der Waals surface area contributed by atoms with E-state index in [9.17, 15) is 9.50 Å². The lowest BCUT2D eigenvalue weighted by molar-refractivity contribution is 0.120. The van der Waals surface area contributed by atoms with E-state index in [-0.39, 0.29) is 24.1 Å². The molecule has 0 saturated heterocycles. The van der Waals surface area contributed by atoms with Gasteiger partial charge in [0, 0.05) is 5.56 Å². The van der Waals surface area contributed by atoms with Crippen molar-refractivity contribution in [3.63, 3.8) is 0 Å².